The predicted octanol–water partition coefficient (Wildman–Crippen LogP) is 3.88. The van der Waals surface area contributed by atoms with Crippen LogP contribution in [0.15, 0.2) is 22.7 Å². The van der Waals surface area contributed by atoms with Gasteiger partial charge in [-0.25, -0.2) is 0 Å². The first-order chi connectivity index (χ1) is 11.3. The van der Waals surface area contributed by atoms with Gasteiger partial charge in [0, 0.05) is 31.3 Å². The van der Waals surface area contributed by atoms with E-state index in [4.69, 9.17) is 20.9 Å². The van der Waals surface area contributed by atoms with Gasteiger partial charge >= 0.3 is 0 Å². The van der Waals surface area contributed by atoms with Crippen LogP contribution in [0.4, 0.5) is 5.69 Å². The molecule has 122 valence electrons. The van der Waals surface area contributed by atoms with Crippen molar-refractivity contribution in [1.29, 1.82) is 0 Å². The smallest absolute Gasteiger partial charge is 0.259 e. The third-order valence-corrected chi connectivity index (χ3v) is 4.97. The molecule has 6 heteroatoms. The second-order valence-corrected chi connectivity index (χ2v) is 6.64. The number of aromatic nitrogens is 2. The Morgan fingerprint density at radius 2 is 2.04 bits per heavy atom. The van der Waals surface area contributed by atoms with Crippen molar-refractivity contribution in [2.45, 2.75) is 31.6 Å². The average molecular weight is 334 g/mol. The van der Waals surface area contributed by atoms with Crippen molar-refractivity contribution in [3.8, 4) is 11.5 Å². The Balaban J connectivity index is 1.62. The van der Waals surface area contributed by atoms with Gasteiger partial charge < -0.3 is 14.2 Å². The molecule has 0 amide bonds. The minimum absolute atomic E-state index is 0.233. The van der Waals surface area contributed by atoms with Crippen LogP contribution < -0.4 is 4.90 Å². The highest BCUT2D eigenvalue weighted by atomic mass is 35.5. The average Bonchev–Trinajstić information content (AvgIpc) is 3.27. The van der Waals surface area contributed by atoms with E-state index in [2.05, 4.69) is 27.2 Å². The highest BCUT2D eigenvalue weighted by Gasteiger charge is 2.24. The van der Waals surface area contributed by atoms with Gasteiger partial charge in [-0.2, -0.15) is 4.98 Å². The van der Waals surface area contributed by atoms with Crippen molar-refractivity contribution in [3.63, 3.8) is 0 Å². The molecule has 1 atom stereocenters. The Morgan fingerprint density at radius 3 is 2.83 bits per heavy atom. The lowest BCUT2D eigenvalue weighted by Crippen LogP contribution is -2.29. The summed E-state index contributed by atoms with van der Waals surface area (Å²) in [7, 11) is 0. The van der Waals surface area contributed by atoms with Crippen molar-refractivity contribution in [2.75, 3.05) is 31.2 Å². The Bertz CT molecular complexity index is 676. The first-order valence-corrected chi connectivity index (χ1v) is 8.65. The molecule has 1 aromatic heterocycles. The first-order valence-electron chi connectivity index (χ1n) is 8.27. The summed E-state index contributed by atoms with van der Waals surface area (Å²) < 4.78 is 10.9. The van der Waals surface area contributed by atoms with Crippen LogP contribution in [0, 0.1) is 0 Å². The largest absolute Gasteiger partial charge is 0.381 e. The fraction of sp³-hybridized carbons (Fsp3) is 0.529. The Morgan fingerprint density at radius 1 is 1.17 bits per heavy atom. The van der Waals surface area contributed by atoms with Crippen LogP contribution in [0.1, 0.15) is 37.4 Å². The number of anilines is 1. The molecule has 0 N–H and O–H groups in total. The SMILES string of the molecule is Clc1ccc(N2CCCCC2)cc1-c1nc([C@@H]2CCOC2)no1. The molecule has 2 aliphatic heterocycles. The zero-order valence-electron chi connectivity index (χ0n) is 13.0. The minimum atomic E-state index is 0.233. The fourth-order valence-electron chi connectivity index (χ4n) is 3.27. The summed E-state index contributed by atoms with van der Waals surface area (Å²) in [5, 5.41) is 4.76. The summed E-state index contributed by atoms with van der Waals surface area (Å²) >= 11 is 6.37. The Hall–Kier alpha value is -1.59. The molecular formula is C17H20ClN3O2. The lowest BCUT2D eigenvalue weighted by atomic mass is 10.1. The number of rotatable bonds is 3. The zero-order valence-corrected chi connectivity index (χ0v) is 13.8. The van der Waals surface area contributed by atoms with Crippen LogP contribution in [0.5, 0.6) is 0 Å². The van der Waals surface area contributed by atoms with E-state index in [9.17, 15) is 0 Å². The second-order valence-electron chi connectivity index (χ2n) is 6.23. The molecule has 0 unspecified atom stereocenters. The number of ether oxygens (including phenoxy) is 1. The number of piperidine rings is 1. The monoisotopic (exact) mass is 333 g/mol. The molecule has 2 aromatic rings. The molecule has 0 spiro atoms. The van der Waals surface area contributed by atoms with Gasteiger partial charge in [0.25, 0.3) is 5.89 Å². The van der Waals surface area contributed by atoms with E-state index >= 15 is 0 Å². The van der Waals surface area contributed by atoms with Crippen molar-refractivity contribution in [2.24, 2.45) is 0 Å². The second kappa shape index (κ2) is 6.49. The van der Waals surface area contributed by atoms with E-state index in [0.717, 1.165) is 37.5 Å². The van der Waals surface area contributed by atoms with E-state index in [1.54, 1.807) is 0 Å². The maximum absolute atomic E-state index is 6.37. The standard InChI is InChI=1S/C17H20ClN3O2/c18-15-5-4-13(21-7-2-1-3-8-21)10-14(15)17-19-16(20-23-17)12-6-9-22-11-12/h4-5,10,12H,1-3,6-9,11H2/t12-/m1/s1. The number of hydrogen-bond donors (Lipinski definition) is 0. The van der Waals surface area contributed by atoms with E-state index < -0.39 is 0 Å². The van der Waals surface area contributed by atoms with Gasteiger partial charge in [0.15, 0.2) is 5.82 Å². The van der Waals surface area contributed by atoms with Crippen LogP contribution in [0.2, 0.25) is 5.02 Å². The van der Waals surface area contributed by atoms with E-state index in [1.807, 2.05) is 6.07 Å². The molecule has 2 saturated heterocycles. The normalized spacial score (nSPS) is 21.8. The molecule has 5 nitrogen and oxygen atoms in total. The molecule has 0 aliphatic carbocycles. The summed E-state index contributed by atoms with van der Waals surface area (Å²) in [4.78, 5) is 6.94. The zero-order chi connectivity index (χ0) is 15.6. The van der Waals surface area contributed by atoms with Crippen molar-refractivity contribution in [1.82, 2.24) is 10.1 Å². The summed E-state index contributed by atoms with van der Waals surface area (Å²) in [6.45, 7) is 3.62. The Labute approximate surface area is 140 Å². The summed E-state index contributed by atoms with van der Waals surface area (Å²) in [5.41, 5.74) is 1.99. The molecular weight excluding hydrogens is 314 g/mol. The summed E-state index contributed by atoms with van der Waals surface area (Å²) in [6, 6.07) is 6.05. The van der Waals surface area contributed by atoms with Crippen molar-refractivity contribution < 1.29 is 9.26 Å². The summed E-state index contributed by atoms with van der Waals surface area (Å²) in [6.07, 6.45) is 4.74. The lowest BCUT2D eigenvalue weighted by molar-refractivity contribution is 0.192. The summed E-state index contributed by atoms with van der Waals surface area (Å²) in [5.74, 6) is 1.45. The van der Waals surface area contributed by atoms with Gasteiger partial charge in [0.05, 0.1) is 17.2 Å². The van der Waals surface area contributed by atoms with Crippen molar-refractivity contribution in [3.05, 3.63) is 29.0 Å². The van der Waals surface area contributed by atoms with E-state index in [-0.39, 0.29) is 5.92 Å². The molecule has 4 rings (SSSR count). The molecule has 0 saturated carbocycles. The van der Waals surface area contributed by atoms with Gasteiger partial charge in [-0.1, -0.05) is 16.8 Å². The number of halogens is 1. The number of benzene rings is 1. The molecule has 1 aromatic carbocycles. The Kier molecular flexibility index (Phi) is 4.23. The maximum Gasteiger partial charge on any atom is 0.259 e. The van der Waals surface area contributed by atoms with Gasteiger partial charge in [-0.15, -0.1) is 0 Å². The van der Waals surface area contributed by atoms with Gasteiger partial charge in [-0.3, -0.25) is 0 Å². The van der Waals surface area contributed by atoms with Crippen LogP contribution >= 0.6 is 11.6 Å². The fourth-order valence-corrected chi connectivity index (χ4v) is 3.47. The molecule has 23 heavy (non-hydrogen) atoms. The third-order valence-electron chi connectivity index (χ3n) is 4.64. The first kappa shape index (κ1) is 15.0. The number of hydrogen-bond acceptors (Lipinski definition) is 5. The van der Waals surface area contributed by atoms with Crippen molar-refractivity contribution >= 4 is 17.3 Å². The third kappa shape index (κ3) is 3.08. The topological polar surface area (TPSA) is 51.4 Å². The van der Waals surface area contributed by atoms with Gasteiger partial charge in [0.1, 0.15) is 0 Å². The molecule has 3 heterocycles. The number of nitrogens with zero attached hydrogens (tertiary/aromatic N) is 3. The maximum atomic E-state index is 6.37. The highest BCUT2D eigenvalue weighted by Crippen LogP contribution is 2.33. The lowest BCUT2D eigenvalue weighted by Gasteiger charge is -2.29. The predicted molar refractivity (Wildman–Crippen MR) is 89.0 cm³/mol. The highest BCUT2D eigenvalue weighted by molar-refractivity contribution is 6.33. The van der Waals surface area contributed by atoms with Gasteiger partial charge in [-0.05, 0) is 43.9 Å². The van der Waals surface area contributed by atoms with E-state index in [1.165, 1.54) is 24.9 Å². The van der Waals surface area contributed by atoms with Gasteiger partial charge in [0.2, 0.25) is 0 Å². The molecule has 0 radical (unpaired) electrons. The van der Waals surface area contributed by atoms with E-state index in [0.29, 0.717) is 17.5 Å². The van der Waals surface area contributed by atoms with Crippen LogP contribution in [0.25, 0.3) is 11.5 Å². The van der Waals surface area contributed by atoms with Crippen LogP contribution in [-0.4, -0.2) is 36.4 Å². The molecule has 2 aliphatic rings. The van der Waals surface area contributed by atoms with Crippen LogP contribution in [-0.2, 0) is 4.74 Å². The molecule has 2 fully saturated rings. The molecule has 0 bridgehead atoms. The quantitative estimate of drug-likeness (QED) is 0.853. The van der Waals surface area contributed by atoms with Crippen LogP contribution in [0.3, 0.4) is 0 Å². The minimum Gasteiger partial charge on any atom is -0.381 e.